The Morgan fingerprint density at radius 1 is 0.966 bits per heavy atom. The minimum Gasteiger partial charge on any atom is -0.481 e. The molecule has 4 heteroatoms. The normalized spacial score (nSPS) is 12.3. The maximum atomic E-state index is 12.5. The Hall–Kier alpha value is -2.59. The number of carbonyl (C=O) groups is 1. The van der Waals surface area contributed by atoms with Gasteiger partial charge in [-0.1, -0.05) is 62.4 Å². The first-order valence-corrected chi connectivity index (χ1v) is 10.5. The summed E-state index contributed by atoms with van der Waals surface area (Å²) in [5, 5.41) is 2.90. The second-order valence-electron chi connectivity index (χ2n) is 7.75. The van der Waals surface area contributed by atoms with Crippen molar-refractivity contribution in [3.63, 3.8) is 0 Å². The molecular weight excluding hydrogens is 426 g/mol. The molecule has 0 heterocycles. The van der Waals surface area contributed by atoms with E-state index in [9.17, 15) is 4.79 Å². The lowest BCUT2D eigenvalue weighted by Crippen LogP contribution is -2.30. The molecule has 3 nitrogen and oxygen atoms in total. The van der Waals surface area contributed by atoms with E-state index in [1.807, 2.05) is 43.3 Å². The maximum Gasteiger partial charge on any atom is 0.265 e. The Morgan fingerprint density at radius 3 is 2.21 bits per heavy atom. The highest BCUT2D eigenvalue weighted by molar-refractivity contribution is 9.10. The standard InChI is InChI=1S/C25H26BrNO2/c1-17-10-15-23(22(26)16-17)27-24(28)18(2)29-21-13-11-20(12-14-21)25(3,4)19-8-6-5-7-9-19/h5-16,18H,1-4H3,(H,27,28). The van der Waals surface area contributed by atoms with E-state index in [1.165, 1.54) is 11.1 Å². The average Bonchev–Trinajstić information content (AvgIpc) is 2.71. The van der Waals surface area contributed by atoms with Gasteiger partial charge >= 0.3 is 0 Å². The van der Waals surface area contributed by atoms with Crippen LogP contribution in [0.4, 0.5) is 5.69 Å². The van der Waals surface area contributed by atoms with Gasteiger partial charge < -0.3 is 10.1 Å². The van der Waals surface area contributed by atoms with Crippen LogP contribution in [0, 0.1) is 6.92 Å². The zero-order valence-corrected chi connectivity index (χ0v) is 18.8. The maximum absolute atomic E-state index is 12.5. The van der Waals surface area contributed by atoms with Gasteiger partial charge in [0.15, 0.2) is 6.10 Å². The van der Waals surface area contributed by atoms with Crippen LogP contribution in [0.3, 0.4) is 0 Å². The lowest BCUT2D eigenvalue weighted by Gasteiger charge is -2.26. The van der Waals surface area contributed by atoms with Gasteiger partial charge in [0.2, 0.25) is 0 Å². The molecule has 0 fully saturated rings. The molecule has 3 aromatic rings. The number of nitrogens with one attached hydrogen (secondary N) is 1. The zero-order valence-electron chi connectivity index (χ0n) is 17.2. The van der Waals surface area contributed by atoms with E-state index in [1.54, 1.807) is 6.92 Å². The third kappa shape index (κ3) is 5.07. The number of hydrogen-bond donors (Lipinski definition) is 1. The van der Waals surface area contributed by atoms with Crippen molar-refractivity contribution in [1.29, 1.82) is 0 Å². The van der Waals surface area contributed by atoms with Crippen molar-refractivity contribution in [1.82, 2.24) is 0 Å². The molecule has 29 heavy (non-hydrogen) atoms. The number of halogens is 1. The van der Waals surface area contributed by atoms with Crippen LogP contribution in [0.15, 0.2) is 77.3 Å². The highest BCUT2D eigenvalue weighted by Gasteiger charge is 2.23. The summed E-state index contributed by atoms with van der Waals surface area (Å²) in [5.41, 5.74) is 4.19. The number of anilines is 1. The van der Waals surface area contributed by atoms with Crippen molar-refractivity contribution in [3.05, 3.63) is 94.0 Å². The van der Waals surface area contributed by atoms with Crippen molar-refractivity contribution >= 4 is 27.5 Å². The molecule has 1 N–H and O–H groups in total. The first-order chi connectivity index (χ1) is 13.8. The van der Waals surface area contributed by atoms with E-state index < -0.39 is 6.10 Å². The number of carbonyl (C=O) groups excluding carboxylic acids is 1. The SMILES string of the molecule is Cc1ccc(NC(=O)C(C)Oc2ccc(C(C)(C)c3ccccc3)cc2)c(Br)c1. The minimum atomic E-state index is -0.615. The summed E-state index contributed by atoms with van der Waals surface area (Å²) in [6.45, 7) is 8.16. The van der Waals surface area contributed by atoms with E-state index in [-0.39, 0.29) is 11.3 Å². The van der Waals surface area contributed by atoms with Gasteiger partial charge in [0, 0.05) is 9.89 Å². The molecule has 1 unspecified atom stereocenters. The Labute approximate surface area is 181 Å². The van der Waals surface area contributed by atoms with E-state index in [0.717, 1.165) is 15.7 Å². The van der Waals surface area contributed by atoms with Gasteiger partial charge in [-0.25, -0.2) is 0 Å². The first-order valence-electron chi connectivity index (χ1n) is 9.67. The molecule has 150 valence electrons. The molecule has 0 spiro atoms. The first kappa shape index (κ1) is 21.1. The molecule has 0 saturated carbocycles. The monoisotopic (exact) mass is 451 g/mol. The lowest BCUT2D eigenvalue weighted by atomic mass is 9.78. The number of rotatable bonds is 6. The average molecular weight is 452 g/mol. The Morgan fingerprint density at radius 2 is 1.59 bits per heavy atom. The third-order valence-corrected chi connectivity index (χ3v) is 5.79. The Bertz CT molecular complexity index is 981. The van der Waals surface area contributed by atoms with Crippen LogP contribution < -0.4 is 10.1 Å². The van der Waals surface area contributed by atoms with E-state index in [2.05, 4.69) is 71.5 Å². The Balaban J connectivity index is 1.66. The van der Waals surface area contributed by atoms with Gasteiger partial charge in [-0.3, -0.25) is 4.79 Å². The molecular formula is C25H26BrNO2. The van der Waals surface area contributed by atoms with Crippen molar-refractivity contribution < 1.29 is 9.53 Å². The summed E-state index contributed by atoms with van der Waals surface area (Å²) >= 11 is 3.48. The van der Waals surface area contributed by atoms with Crippen molar-refractivity contribution in [2.75, 3.05) is 5.32 Å². The van der Waals surface area contributed by atoms with E-state index in [4.69, 9.17) is 4.74 Å². The molecule has 3 rings (SSSR count). The molecule has 3 aromatic carbocycles. The lowest BCUT2D eigenvalue weighted by molar-refractivity contribution is -0.122. The summed E-state index contributed by atoms with van der Waals surface area (Å²) in [6.07, 6.45) is -0.615. The van der Waals surface area contributed by atoms with Crippen LogP contribution in [0.25, 0.3) is 0 Å². The fourth-order valence-corrected chi connectivity index (χ4v) is 3.78. The number of aryl methyl sites for hydroxylation is 1. The number of benzene rings is 3. The van der Waals surface area contributed by atoms with Gasteiger partial charge in [0.25, 0.3) is 5.91 Å². The fourth-order valence-electron chi connectivity index (χ4n) is 3.19. The van der Waals surface area contributed by atoms with Crippen molar-refractivity contribution in [3.8, 4) is 5.75 Å². The molecule has 0 radical (unpaired) electrons. The summed E-state index contributed by atoms with van der Waals surface area (Å²) in [6, 6.07) is 24.2. The minimum absolute atomic E-state index is 0.111. The molecule has 1 amide bonds. The van der Waals surface area contributed by atoms with Gasteiger partial charge in [0.1, 0.15) is 5.75 Å². The van der Waals surface area contributed by atoms with Crippen LogP contribution in [0.5, 0.6) is 5.75 Å². The molecule has 0 aromatic heterocycles. The van der Waals surface area contributed by atoms with Gasteiger partial charge in [-0.2, -0.15) is 0 Å². The highest BCUT2D eigenvalue weighted by Crippen LogP contribution is 2.32. The highest BCUT2D eigenvalue weighted by atomic mass is 79.9. The number of ether oxygens (including phenoxy) is 1. The van der Waals surface area contributed by atoms with Gasteiger partial charge in [-0.15, -0.1) is 0 Å². The van der Waals surface area contributed by atoms with Crippen molar-refractivity contribution in [2.24, 2.45) is 0 Å². The smallest absolute Gasteiger partial charge is 0.265 e. The van der Waals surface area contributed by atoms with E-state index in [0.29, 0.717) is 5.75 Å². The molecule has 0 bridgehead atoms. The van der Waals surface area contributed by atoms with Crippen LogP contribution in [0.2, 0.25) is 0 Å². The van der Waals surface area contributed by atoms with Crippen LogP contribution in [-0.2, 0) is 10.2 Å². The van der Waals surface area contributed by atoms with Crippen LogP contribution in [0.1, 0.15) is 37.5 Å². The van der Waals surface area contributed by atoms with E-state index >= 15 is 0 Å². The zero-order chi connectivity index (χ0) is 21.0. The second kappa shape index (κ2) is 8.83. The van der Waals surface area contributed by atoms with Crippen molar-refractivity contribution in [2.45, 2.75) is 39.2 Å². The molecule has 0 aliphatic rings. The molecule has 0 saturated heterocycles. The predicted octanol–water partition coefficient (Wildman–Crippen LogP) is 6.49. The van der Waals surface area contributed by atoms with Gasteiger partial charge in [0.05, 0.1) is 5.69 Å². The number of amides is 1. The fraction of sp³-hybridized carbons (Fsp3) is 0.240. The summed E-state index contributed by atoms with van der Waals surface area (Å²) in [7, 11) is 0. The Kier molecular flexibility index (Phi) is 6.43. The predicted molar refractivity (Wildman–Crippen MR) is 123 cm³/mol. The summed E-state index contributed by atoms with van der Waals surface area (Å²) in [4.78, 5) is 12.5. The topological polar surface area (TPSA) is 38.3 Å². The molecule has 1 atom stereocenters. The second-order valence-corrected chi connectivity index (χ2v) is 8.60. The van der Waals surface area contributed by atoms with Crippen LogP contribution in [-0.4, -0.2) is 12.0 Å². The molecule has 0 aliphatic heterocycles. The third-order valence-electron chi connectivity index (χ3n) is 5.14. The largest absolute Gasteiger partial charge is 0.481 e. The summed E-state index contributed by atoms with van der Waals surface area (Å²) in [5.74, 6) is 0.478. The van der Waals surface area contributed by atoms with Gasteiger partial charge in [-0.05, 0) is 70.7 Å². The summed E-state index contributed by atoms with van der Waals surface area (Å²) < 4.78 is 6.71. The quantitative estimate of drug-likeness (QED) is 0.464. The molecule has 0 aliphatic carbocycles. The number of hydrogen-bond acceptors (Lipinski definition) is 2. The van der Waals surface area contributed by atoms with Crippen LogP contribution >= 0.6 is 15.9 Å².